The second-order valence-corrected chi connectivity index (χ2v) is 4.41. The number of benzene rings is 1. The molecule has 0 atom stereocenters. The summed E-state index contributed by atoms with van der Waals surface area (Å²) in [6.45, 7) is 0.498. The summed E-state index contributed by atoms with van der Waals surface area (Å²) in [5.74, 6) is 0.0498. The second-order valence-electron chi connectivity index (χ2n) is 3.02. The number of hydrogen-bond acceptors (Lipinski definition) is 5. The molecule has 0 saturated carbocycles. The van der Waals surface area contributed by atoms with Crippen LogP contribution in [-0.4, -0.2) is 33.3 Å². The maximum atomic E-state index is 11.0. The van der Waals surface area contributed by atoms with Gasteiger partial charge in [-0.05, 0) is 18.2 Å². The Morgan fingerprint density at radius 3 is 2.59 bits per heavy atom. The largest absolute Gasteiger partial charge is 1.00 e. The predicted molar refractivity (Wildman–Crippen MR) is 59.2 cm³/mol. The van der Waals surface area contributed by atoms with E-state index in [-0.39, 0.29) is 53.9 Å². The number of nitrogens with two attached hydrogens (primary N) is 1. The van der Waals surface area contributed by atoms with Crippen molar-refractivity contribution in [3.8, 4) is 5.75 Å². The number of rotatable bonds is 5. The first kappa shape index (κ1) is 16.7. The van der Waals surface area contributed by atoms with Crippen LogP contribution in [0, 0.1) is 0 Å². The molecule has 1 aromatic rings. The predicted octanol–water partition coefficient (Wildman–Crippen LogP) is -2.34. The Hall–Kier alpha value is -0.310. The fourth-order valence-electron chi connectivity index (χ4n) is 1.08. The topological polar surface area (TPSA) is 98.9 Å². The first-order chi connectivity index (χ1) is 7.45. The molecule has 0 saturated heterocycles. The summed E-state index contributed by atoms with van der Waals surface area (Å²) >= 11 is 0. The molecule has 0 spiro atoms. The van der Waals surface area contributed by atoms with E-state index >= 15 is 0 Å². The van der Waals surface area contributed by atoms with Gasteiger partial charge in [0.15, 0.2) is 0 Å². The van der Waals surface area contributed by atoms with Gasteiger partial charge in [0.1, 0.15) is 17.3 Å². The van der Waals surface area contributed by atoms with Gasteiger partial charge >= 0.3 is 29.6 Å². The Bertz CT molecular complexity index is 468. The molecule has 0 unspecified atom stereocenters. The van der Waals surface area contributed by atoms with Crippen molar-refractivity contribution in [3.05, 3.63) is 18.2 Å². The fourth-order valence-corrected chi connectivity index (χ4v) is 1.75. The summed E-state index contributed by atoms with van der Waals surface area (Å²) in [6.07, 6.45) is 0. The first-order valence-electron chi connectivity index (χ1n) is 4.44. The van der Waals surface area contributed by atoms with E-state index < -0.39 is 10.1 Å². The van der Waals surface area contributed by atoms with Crippen LogP contribution in [0.5, 0.6) is 5.75 Å². The Morgan fingerprint density at radius 2 is 2.06 bits per heavy atom. The molecule has 6 nitrogen and oxygen atoms in total. The summed E-state index contributed by atoms with van der Waals surface area (Å²) in [5.41, 5.74) is 5.65. The van der Waals surface area contributed by atoms with E-state index in [9.17, 15) is 8.42 Å². The van der Waals surface area contributed by atoms with Crippen LogP contribution in [0.1, 0.15) is 1.43 Å². The average Bonchev–Trinajstić information content (AvgIpc) is 2.19. The molecule has 1 aromatic carbocycles. The van der Waals surface area contributed by atoms with Gasteiger partial charge in [-0.3, -0.25) is 4.55 Å². The summed E-state index contributed by atoms with van der Waals surface area (Å²) in [7, 11) is -2.84. The van der Waals surface area contributed by atoms with E-state index in [0.717, 1.165) is 6.07 Å². The van der Waals surface area contributed by atoms with Gasteiger partial charge in [0, 0.05) is 12.8 Å². The van der Waals surface area contributed by atoms with Crippen LogP contribution in [0.4, 0.5) is 5.69 Å². The van der Waals surface area contributed by atoms with E-state index in [2.05, 4.69) is 0 Å². The SMILES string of the molecule is COCCOc1ccc(N)cc1S(=O)(=O)O.[H-].[Na+]. The van der Waals surface area contributed by atoms with Crippen molar-refractivity contribution < 1.29 is 53.4 Å². The van der Waals surface area contributed by atoms with E-state index in [1.54, 1.807) is 0 Å². The zero-order chi connectivity index (χ0) is 12.2. The second kappa shape index (κ2) is 7.20. The summed E-state index contributed by atoms with van der Waals surface area (Å²) < 4.78 is 40.9. The molecule has 0 heterocycles. The standard InChI is InChI=1S/C9H13NO5S.Na.H/c1-14-4-5-15-8-3-2-7(10)6-9(8)16(11,12)13;;/h2-3,6H,4-5,10H2,1H3,(H,11,12,13);;/q;+1;-1. The van der Waals surface area contributed by atoms with Gasteiger partial charge in [0.2, 0.25) is 0 Å². The maximum absolute atomic E-state index is 11.0. The van der Waals surface area contributed by atoms with Crippen molar-refractivity contribution in [3.63, 3.8) is 0 Å². The van der Waals surface area contributed by atoms with Crippen molar-refractivity contribution >= 4 is 15.8 Å². The van der Waals surface area contributed by atoms with Gasteiger partial charge in [-0.2, -0.15) is 8.42 Å². The van der Waals surface area contributed by atoms with Gasteiger partial charge in [0.05, 0.1) is 6.61 Å². The number of methoxy groups -OCH3 is 1. The van der Waals surface area contributed by atoms with Gasteiger partial charge < -0.3 is 16.6 Å². The van der Waals surface area contributed by atoms with Gasteiger partial charge in [-0.1, -0.05) is 0 Å². The van der Waals surface area contributed by atoms with E-state index in [1.807, 2.05) is 0 Å². The number of ether oxygens (including phenoxy) is 2. The Labute approximate surface area is 124 Å². The van der Waals surface area contributed by atoms with Gasteiger partial charge in [0.25, 0.3) is 10.1 Å². The summed E-state index contributed by atoms with van der Waals surface area (Å²) in [4.78, 5) is -0.344. The van der Waals surface area contributed by atoms with Crippen LogP contribution in [0.15, 0.2) is 23.1 Å². The van der Waals surface area contributed by atoms with Gasteiger partial charge in [-0.15, -0.1) is 0 Å². The van der Waals surface area contributed by atoms with Crippen molar-refractivity contribution in [2.45, 2.75) is 4.90 Å². The number of hydrogen-bond donors (Lipinski definition) is 2. The molecule has 0 aromatic heterocycles. The fraction of sp³-hybridized carbons (Fsp3) is 0.333. The molecule has 3 N–H and O–H groups in total. The van der Waals surface area contributed by atoms with Crippen LogP contribution in [-0.2, 0) is 14.9 Å². The molecular formula is C9H14NNaO5S. The molecule has 0 radical (unpaired) electrons. The van der Waals surface area contributed by atoms with E-state index in [1.165, 1.54) is 19.2 Å². The Morgan fingerprint density at radius 1 is 1.41 bits per heavy atom. The first-order valence-corrected chi connectivity index (χ1v) is 5.88. The minimum Gasteiger partial charge on any atom is -1.00 e. The van der Waals surface area contributed by atoms with Gasteiger partial charge in [-0.25, -0.2) is 0 Å². The zero-order valence-electron chi connectivity index (χ0n) is 10.7. The zero-order valence-corrected chi connectivity index (χ0v) is 12.5. The van der Waals surface area contributed by atoms with Crippen LogP contribution in [0.2, 0.25) is 0 Å². The monoisotopic (exact) mass is 271 g/mol. The Balaban J connectivity index is 0. The minimum absolute atomic E-state index is 0. The molecule has 92 valence electrons. The molecule has 0 aliphatic rings. The number of nitrogen functional groups attached to an aromatic ring is 1. The molecular weight excluding hydrogens is 257 g/mol. The quantitative estimate of drug-likeness (QED) is 0.269. The van der Waals surface area contributed by atoms with Crippen LogP contribution >= 0.6 is 0 Å². The van der Waals surface area contributed by atoms with Crippen molar-refractivity contribution in [2.75, 3.05) is 26.1 Å². The Kier molecular flexibility index (Phi) is 7.07. The molecule has 8 heteroatoms. The smallest absolute Gasteiger partial charge is 1.00 e. The van der Waals surface area contributed by atoms with Crippen LogP contribution in [0.3, 0.4) is 0 Å². The van der Waals surface area contributed by atoms with Crippen LogP contribution in [0.25, 0.3) is 0 Å². The molecule has 0 aliphatic heterocycles. The van der Waals surface area contributed by atoms with Crippen molar-refractivity contribution in [1.29, 1.82) is 0 Å². The minimum atomic E-state index is -4.34. The summed E-state index contributed by atoms with van der Waals surface area (Å²) in [6, 6.07) is 4.00. The third-order valence-electron chi connectivity index (χ3n) is 1.79. The molecule has 0 amide bonds. The number of anilines is 1. The third kappa shape index (κ3) is 5.24. The van der Waals surface area contributed by atoms with Crippen LogP contribution < -0.4 is 40.0 Å². The van der Waals surface area contributed by atoms with E-state index in [4.69, 9.17) is 19.8 Å². The molecule has 0 aliphatic carbocycles. The molecule has 0 fully saturated rings. The maximum Gasteiger partial charge on any atom is 1.00 e. The third-order valence-corrected chi connectivity index (χ3v) is 2.67. The average molecular weight is 271 g/mol. The molecule has 0 bridgehead atoms. The van der Waals surface area contributed by atoms with Crippen molar-refractivity contribution in [1.82, 2.24) is 0 Å². The molecule has 1 rings (SSSR count). The normalized spacial score (nSPS) is 10.7. The van der Waals surface area contributed by atoms with Crippen molar-refractivity contribution in [2.24, 2.45) is 0 Å². The summed E-state index contributed by atoms with van der Waals surface area (Å²) in [5, 5.41) is 0. The van der Waals surface area contributed by atoms with E-state index in [0.29, 0.717) is 6.61 Å². The molecule has 17 heavy (non-hydrogen) atoms.